The van der Waals surface area contributed by atoms with Gasteiger partial charge >= 0.3 is 0 Å². The van der Waals surface area contributed by atoms with E-state index in [2.05, 4.69) is 42.7 Å². The van der Waals surface area contributed by atoms with E-state index < -0.39 is 0 Å². The summed E-state index contributed by atoms with van der Waals surface area (Å²) in [5.74, 6) is 0.829. The van der Waals surface area contributed by atoms with Gasteiger partial charge in [0.1, 0.15) is 0 Å². The van der Waals surface area contributed by atoms with Gasteiger partial charge in [0.05, 0.1) is 0 Å². The Morgan fingerprint density at radius 1 is 0.800 bits per heavy atom. The quantitative estimate of drug-likeness (QED) is 0.165. The van der Waals surface area contributed by atoms with E-state index >= 15 is 0 Å². The summed E-state index contributed by atoms with van der Waals surface area (Å²) < 4.78 is 0. The van der Waals surface area contributed by atoms with Crippen LogP contribution in [-0.2, 0) is 13.0 Å². The highest BCUT2D eigenvalue weighted by molar-refractivity contribution is 6.08. The Balaban J connectivity index is 1.48. The molecule has 4 heteroatoms. The van der Waals surface area contributed by atoms with Gasteiger partial charge in [-0.2, -0.15) is 0 Å². The van der Waals surface area contributed by atoms with Crippen LogP contribution in [0.5, 0.6) is 0 Å². The van der Waals surface area contributed by atoms with Crippen molar-refractivity contribution in [2.45, 2.75) is 78.3 Å². The lowest BCUT2D eigenvalue weighted by atomic mass is 9.98. The topological polar surface area (TPSA) is 40.6 Å². The summed E-state index contributed by atoms with van der Waals surface area (Å²) in [5, 5.41) is 0. The first-order chi connectivity index (χ1) is 19.4. The molecule has 0 atom stereocenters. The molecule has 4 rings (SSSR count). The molecular formula is C36H46N2O2. The third-order valence-corrected chi connectivity index (χ3v) is 8.16. The summed E-state index contributed by atoms with van der Waals surface area (Å²) in [6.07, 6.45) is 7.89. The van der Waals surface area contributed by atoms with Crippen LogP contribution in [0.15, 0.2) is 78.9 Å². The number of hydrogen-bond acceptors (Lipinski definition) is 3. The standard InChI is InChI=1S/C36H46N2O2/c1-4-5-7-10-29-13-19-33(20-14-29)36(40)38(34-22-25-37(26-23-34)24-21-28(2)3)27-30-15-17-32(18-16-30)35(39)31-11-8-6-9-12-31/h6,8-9,11-20,28,34H,4-5,7,10,21-27H2,1-3H3. The Kier molecular flexibility index (Phi) is 11.1. The van der Waals surface area contributed by atoms with Crippen molar-refractivity contribution < 1.29 is 9.59 Å². The van der Waals surface area contributed by atoms with Crippen LogP contribution in [0.4, 0.5) is 0 Å². The SMILES string of the molecule is CCCCCc1ccc(C(=O)N(Cc2ccc(C(=O)c3ccccc3)cc2)C2CCN(CCC(C)C)CC2)cc1. The molecule has 40 heavy (non-hydrogen) atoms. The van der Waals surface area contributed by atoms with Crippen LogP contribution >= 0.6 is 0 Å². The molecule has 0 aliphatic carbocycles. The largest absolute Gasteiger partial charge is 0.331 e. The molecule has 0 bridgehead atoms. The second-order valence-electron chi connectivity index (χ2n) is 11.7. The number of hydrogen-bond donors (Lipinski definition) is 0. The van der Waals surface area contributed by atoms with Crippen LogP contribution in [0.25, 0.3) is 0 Å². The molecular weight excluding hydrogens is 492 g/mol. The van der Waals surface area contributed by atoms with Crippen molar-refractivity contribution in [2.75, 3.05) is 19.6 Å². The lowest BCUT2D eigenvalue weighted by molar-refractivity contribution is 0.0546. The Morgan fingerprint density at radius 2 is 1.40 bits per heavy atom. The van der Waals surface area contributed by atoms with E-state index in [9.17, 15) is 9.59 Å². The zero-order valence-corrected chi connectivity index (χ0v) is 24.6. The first-order valence-corrected chi connectivity index (χ1v) is 15.3. The van der Waals surface area contributed by atoms with Gasteiger partial charge in [0.25, 0.3) is 5.91 Å². The van der Waals surface area contributed by atoms with E-state index in [-0.39, 0.29) is 17.7 Å². The van der Waals surface area contributed by atoms with Crippen LogP contribution in [0.2, 0.25) is 0 Å². The number of nitrogens with zero attached hydrogens (tertiary/aromatic N) is 2. The average Bonchev–Trinajstić information content (AvgIpc) is 3.00. The fourth-order valence-electron chi connectivity index (χ4n) is 5.54. The van der Waals surface area contributed by atoms with Gasteiger partial charge < -0.3 is 9.80 Å². The van der Waals surface area contributed by atoms with Gasteiger partial charge in [-0.3, -0.25) is 9.59 Å². The number of benzene rings is 3. The molecule has 1 aliphatic rings. The molecule has 1 aliphatic heterocycles. The van der Waals surface area contributed by atoms with Gasteiger partial charge in [0, 0.05) is 42.4 Å². The molecule has 0 saturated carbocycles. The number of carbonyl (C=O) groups is 2. The summed E-state index contributed by atoms with van der Waals surface area (Å²) >= 11 is 0. The summed E-state index contributed by atoms with van der Waals surface area (Å²) in [6.45, 7) is 10.5. The predicted molar refractivity (Wildman–Crippen MR) is 165 cm³/mol. The van der Waals surface area contributed by atoms with E-state index in [0.29, 0.717) is 23.6 Å². The molecule has 1 heterocycles. The number of amides is 1. The highest BCUT2D eigenvalue weighted by Gasteiger charge is 2.29. The minimum atomic E-state index is 0.0212. The molecule has 0 unspecified atom stereocenters. The molecule has 3 aromatic rings. The lowest BCUT2D eigenvalue weighted by Gasteiger charge is -2.39. The Labute approximate surface area is 241 Å². The Hall–Kier alpha value is -3.24. The first-order valence-electron chi connectivity index (χ1n) is 15.3. The van der Waals surface area contributed by atoms with E-state index in [4.69, 9.17) is 0 Å². The molecule has 0 spiro atoms. The Bertz CT molecular complexity index is 1190. The van der Waals surface area contributed by atoms with Gasteiger partial charge in [0.15, 0.2) is 5.78 Å². The third-order valence-electron chi connectivity index (χ3n) is 8.16. The summed E-state index contributed by atoms with van der Waals surface area (Å²) in [6, 6.07) is 25.7. The fraction of sp³-hybridized carbons (Fsp3) is 0.444. The maximum absolute atomic E-state index is 13.9. The minimum absolute atomic E-state index is 0.0212. The monoisotopic (exact) mass is 538 g/mol. The fourth-order valence-corrected chi connectivity index (χ4v) is 5.54. The highest BCUT2D eigenvalue weighted by atomic mass is 16.2. The van der Waals surface area contributed by atoms with Gasteiger partial charge in [-0.1, -0.05) is 100 Å². The smallest absolute Gasteiger partial charge is 0.254 e. The number of ketones is 1. The van der Waals surface area contributed by atoms with Crippen molar-refractivity contribution in [1.82, 2.24) is 9.80 Å². The van der Waals surface area contributed by atoms with Crippen LogP contribution < -0.4 is 0 Å². The molecule has 0 aromatic heterocycles. The van der Waals surface area contributed by atoms with Crippen molar-refractivity contribution in [3.8, 4) is 0 Å². The van der Waals surface area contributed by atoms with Gasteiger partial charge in [0.2, 0.25) is 0 Å². The van der Waals surface area contributed by atoms with Crippen molar-refractivity contribution in [2.24, 2.45) is 5.92 Å². The van der Waals surface area contributed by atoms with Gasteiger partial charge in [-0.05, 0) is 67.8 Å². The van der Waals surface area contributed by atoms with Gasteiger partial charge in [-0.15, -0.1) is 0 Å². The molecule has 1 amide bonds. The second-order valence-corrected chi connectivity index (χ2v) is 11.7. The molecule has 1 fully saturated rings. The highest BCUT2D eigenvalue weighted by Crippen LogP contribution is 2.23. The maximum atomic E-state index is 13.9. The second kappa shape index (κ2) is 14.9. The Morgan fingerprint density at radius 3 is 2.02 bits per heavy atom. The summed E-state index contributed by atoms with van der Waals surface area (Å²) in [7, 11) is 0. The number of piperidine rings is 1. The van der Waals surface area contributed by atoms with Crippen molar-refractivity contribution in [3.63, 3.8) is 0 Å². The van der Waals surface area contributed by atoms with Gasteiger partial charge in [-0.25, -0.2) is 0 Å². The molecule has 4 nitrogen and oxygen atoms in total. The number of aryl methyl sites for hydroxylation is 1. The molecule has 0 radical (unpaired) electrons. The normalized spacial score (nSPS) is 14.4. The maximum Gasteiger partial charge on any atom is 0.254 e. The van der Waals surface area contributed by atoms with Crippen molar-refractivity contribution in [3.05, 3.63) is 107 Å². The third kappa shape index (κ3) is 8.38. The first kappa shape index (κ1) is 29.7. The number of likely N-dealkylation sites (tertiary alicyclic amines) is 1. The van der Waals surface area contributed by atoms with Crippen LogP contribution in [0.3, 0.4) is 0 Å². The van der Waals surface area contributed by atoms with Crippen LogP contribution in [0, 0.1) is 5.92 Å². The van der Waals surface area contributed by atoms with Crippen LogP contribution in [-0.4, -0.2) is 47.2 Å². The van der Waals surface area contributed by atoms with E-state index in [1.165, 1.54) is 31.2 Å². The van der Waals surface area contributed by atoms with Crippen molar-refractivity contribution in [1.29, 1.82) is 0 Å². The number of unbranched alkanes of at least 4 members (excludes halogenated alkanes) is 2. The van der Waals surface area contributed by atoms with E-state index in [0.717, 1.165) is 50.0 Å². The minimum Gasteiger partial charge on any atom is -0.331 e. The van der Waals surface area contributed by atoms with Crippen LogP contribution in [0.1, 0.15) is 96.7 Å². The van der Waals surface area contributed by atoms with Crippen molar-refractivity contribution >= 4 is 11.7 Å². The summed E-state index contributed by atoms with van der Waals surface area (Å²) in [5.41, 5.74) is 4.47. The molecule has 212 valence electrons. The number of rotatable bonds is 13. The summed E-state index contributed by atoms with van der Waals surface area (Å²) in [4.78, 5) is 31.5. The van der Waals surface area contributed by atoms with E-state index in [1.807, 2.05) is 66.7 Å². The molecule has 1 saturated heterocycles. The number of carbonyl (C=O) groups excluding carboxylic acids is 2. The predicted octanol–water partition coefficient (Wildman–Crippen LogP) is 7.80. The lowest BCUT2D eigenvalue weighted by Crippen LogP contribution is -2.47. The molecule has 3 aromatic carbocycles. The average molecular weight is 539 g/mol. The zero-order chi connectivity index (χ0) is 28.3. The molecule has 0 N–H and O–H groups in total. The van der Waals surface area contributed by atoms with E-state index in [1.54, 1.807) is 0 Å². The zero-order valence-electron chi connectivity index (χ0n) is 24.6.